The molecular formula is C14H19BrO10. The van der Waals surface area contributed by atoms with Gasteiger partial charge in [-0.15, -0.1) is 0 Å². The Kier molecular flexibility index (Phi) is 5.25. The van der Waals surface area contributed by atoms with E-state index in [0.717, 1.165) is 6.92 Å². The number of hydrogen-bond acceptors (Lipinski definition) is 10. The first kappa shape index (κ1) is 22.0. The van der Waals surface area contributed by atoms with E-state index in [1.165, 1.54) is 0 Å². The van der Waals surface area contributed by atoms with Gasteiger partial charge in [0.05, 0.1) is 6.61 Å². The van der Waals surface area contributed by atoms with E-state index in [4.69, 9.17) is 4.74 Å². The van der Waals surface area contributed by atoms with E-state index in [1.54, 1.807) is 0 Å². The van der Waals surface area contributed by atoms with E-state index >= 15 is 0 Å². The molecule has 0 aromatic carbocycles. The second-order valence-electron chi connectivity index (χ2n) is 6.00. The zero-order valence-corrected chi connectivity index (χ0v) is 15.4. The van der Waals surface area contributed by atoms with Gasteiger partial charge < -0.3 is 30.3 Å². The number of rotatable bonds is 5. The first-order valence-electron chi connectivity index (χ1n) is 6.98. The molecule has 1 aliphatic heterocycles. The van der Waals surface area contributed by atoms with Crippen molar-refractivity contribution in [3.63, 3.8) is 0 Å². The number of carbonyl (C=O) groups excluding carboxylic acids is 4. The Morgan fingerprint density at radius 1 is 0.760 bits per heavy atom. The molecule has 0 bridgehead atoms. The van der Waals surface area contributed by atoms with Gasteiger partial charge in [0.15, 0.2) is 28.7 Å². The van der Waals surface area contributed by atoms with Gasteiger partial charge in [-0.1, -0.05) is 0 Å². The lowest BCUT2D eigenvalue weighted by Gasteiger charge is -2.62. The van der Waals surface area contributed by atoms with Crippen LogP contribution in [0.1, 0.15) is 27.7 Å². The maximum atomic E-state index is 12.2. The van der Waals surface area contributed by atoms with Crippen LogP contribution in [0.15, 0.2) is 0 Å². The third kappa shape index (κ3) is 2.17. The van der Waals surface area contributed by atoms with Gasteiger partial charge in [-0.2, -0.15) is 0 Å². The van der Waals surface area contributed by atoms with Crippen LogP contribution in [-0.2, 0) is 23.9 Å². The summed E-state index contributed by atoms with van der Waals surface area (Å²) in [6, 6.07) is 0. The van der Waals surface area contributed by atoms with Crippen molar-refractivity contribution in [3.8, 4) is 0 Å². The predicted molar refractivity (Wildman–Crippen MR) is 82.4 cm³/mol. The van der Waals surface area contributed by atoms with Crippen LogP contribution in [0.4, 0.5) is 0 Å². The molecule has 142 valence electrons. The Morgan fingerprint density at radius 2 is 1.12 bits per heavy atom. The van der Waals surface area contributed by atoms with Crippen LogP contribution in [-0.4, -0.2) is 82.4 Å². The highest BCUT2D eigenvalue weighted by molar-refractivity contribution is 9.10. The topological polar surface area (TPSA) is 179 Å². The number of hydrogen-bond donors (Lipinski definition) is 5. The second kappa shape index (κ2) is 5.98. The van der Waals surface area contributed by atoms with Crippen LogP contribution in [0, 0.1) is 0 Å². The maximum Gasteiger partial charge on any atom is 0.266 e. The first-order chi connectivity index (χ1) is 11.0. The van der Waals surface area contributed by atoms with E-state index in [2.05, 4.69) is 15.9 Å². The first-order valence-corrected chi connectivity index (χ1v) is 7.77. The highest BCUT2D eigenvalue weighted by Gasteiger charge is 2.87. The Hall–Kier alpha value is -1.08. The van der Waals surface area contributed by atoms with E-state index in [0.29, 0.717) is 20.8 Å². The molecule has 25 heavy (non-hydrogen) atoms. The Labute approximate surface area is 150 Å². The zero-order chi connectivity index (χ0) is 20.2. The number of alkyl halides is 1. The molecule has 11 heteroatoms. The molecule has 0 radical (unpaired) electrons. The molecule has 1 heterocycles. The molecule has 1 saturated heterocycles. The molecule has 0 aliphatic carbocycles. The highest BCUT2D eigenvalue weighted by Crippen LogP contribution is 2.56. The van der Waals surface area contributed by atoms with Crippen LogP contribution in [0.3, 0.4) is 0 Å². The molecule has 0 unspecified atom stereocenters. The number of aliphatic hydroxyl groups is 5. The minimum Gasteiger partial charge on any atom is -0.393 e. The Morgan fingerprint density at radius 3 is 1.36 bits per heavy atom. The normalized spacial score (nSPS) is 44.2. The summed E-state index contributed by atoms with van der Waals surface area (Å²) in [4.78, 5) is 48.6. The lowest BCUT2D eigenvalue weighted by atomic mass is 9.56. The summed E-state index contributed by atoms with van der Waals surface area (Å²) in [5.74, 6) is -5.75. The monoisotopic (exact) mass is 426 g/mol. The van der Waals surface area contributed by atoms with Crippen LogP contribution >= 0.6 is 15.9 Å². The second-order valence-corrected chi connectivity index (χ2v) is 7.08. The summed E-state index contributed by atoms with van der Waals surface area (Å²) < 4.78 is 1.57. The van der Waals surface area contributed by atoms with Crippen molar-refractivity contribution in [2.45, 2.75) is 54.8 Å². The molecular weight excluding hydrogens is 408 g/mol. The van der Waals surface area contributed by atoms with E-state index in [9.17, 15) is 44.7 Å². The summed E-state index contributed by atoms with van der Waals surface area (Å²) in [6.45, 7) is 1.16. The fourth-order valence-corrected chi connectivity index (χ4v) is 4.10. The van der Waals surface area contributed by atoms with Crippen molar-refractivity contribution in [2.24, 2.45) is 0 Å². The van der Waals surface area contributed by atoms with Crippen molar-refractivity contribution in [2.75, 3.05) is 6.61 Å². The Balaban J connectivity index is 4.21. The van der Waals surface area contributed by atoms with Gasteiger partial charge in [-0.3, -0.25) is 19.2 Å². The van der Waals surface area contributed by atoms with Crippen LogP contribution in [0.2, 0.25) is 0 Å². The lowest BCUT2D eigenvalue weighted by Crippen LogP contribution is -2.92. The molecule has 5 atom stereocenters. The van der Waals surface area contributed by atoms with Gasteiger partial charge >= 0.3 is 0 Å². The summed E-state index contributed by atoms with van der Waals surface area (Å²) in [5.41, 5.74) is -14.0. The third-order valence-electron chi connectivity index (χ3n) is 4.71. The summed E-state index contributed by atoms with van der Waals surface area (Å²) in [7, 11) is 0. The summed E-state index contributed by atoms with van der Waals surface area (Å²) in [5, 5.41) is 52.7. The smallest absolute Gasteiger partial charge is 0.266 e. The number of Topliss-reactive ketones (excluding diaryl/α,β-unsaturated/α-hetero) is 4. The highest BCUT2D eigenvalue weighted by atomic mass is 79.9. The fraction of sp³-hybridized carbons (Fsp3) is 0.714. The van der Waals surface area contributed by atoms with Crippen molar-refractivity contribution in [1.82, 2.24) is 0 Å². The lowest BCUT2D eigenvalue weighted by molar-refractivity contribution is -0.391. The van der Waals surface area contributed by atoms with Gasteiger partial charge in [-0.25, -0.2) is 0 Å². The van der Waals surface area contributed by atoms with E-state index in [-0.39, 0.29) is 0 Å². The average Bonchev–Trinajstić information content (AvgIpc) is 2.47. The standard InChI is InChI=1S/C14H19BrO10/c1-6(17)10(5-16)11(21,7(2)18)12(22,8(3)19)13(23,9(4)20)14(15,24)25-10/h16,21-24H,5H2,1-4H3/t10-,11-,12-,13-,14-/m0/s1. The number of carbonyl (C=O) groups is 4. The van der Waals surface area contributed by atoms with Gasteiger partial charge in [0.25, 0.3) is 4.70 Å². The van der Waals surface area contributed by atoms with Gasteiger partial charge in [-0.05, 0) is 43.6 Å². The maximum absolute atomic E-state index is 12.2. The Bertz CT molecular complexity index is 660. The summed E-state index contributed by atoms with van der Waals surface area (Å²) >= 11 is 2.41. The number of ketones is 4. The minimum atomic E-state index is -3.75. The SMILES string of the molecule is CC(=O)[C@]1(O)[C@](O)(C(C)=O)[C@](CO)(C(C)=O)O[C@](O)(Br)[C@]1(O)C(C)=O. The molecule has 0 saturated carbocycles. The fourth-order valence-electron chi connectivity index (χ4n) is 3.26. The van der Waals surface area contributed by atoms with Gasteiger partial charge in [0.2, 0.25) is 16.8 Å². The zero-order valence-electron chi connectivity index (χ0n) is 13.9. The molecule has 0 spiro atoms. The van der Waals surface area contributed by atoms with Gasteiger partial charge in [0.1, 0.15) is 0 Å². The minimum absolute atomic E-state index is 0.610. The quantitative estimate of drug-likeness (QED) is 0.291. The number of ether oxygens (including phenoxy) is 1. The van der Waals surface area contributed by atoms with Crippen molar-refractivity contribution < 1.29 is 49.4 Å². The number of aliphatic hydroxyl groups excluding tert-OH is 1. The third-order valence-corrected chi connectivity index (χ3v) is 5.44. The molecule has 1 fully saturated rings. The number of halogens is 1. The molecule has 0 aromatic heterocycles. The molecule has 1 rings (SSSR count). The summed E-state index contributed by atoms with van der Waals surface area (Å²) in [6.07, 6.45) is 0. The average molecular weight is 427 g/mol. The largest absolute Gasteiger partial charge is 0.393 e. The molecule has 1 aliphatic rings. The molecule has 0 amide bonds. The van der Waals surface area contributed by atoms with Crippen LogP contribution < -0.4 is 0 Å². The molecule has 10 nitrogen and oxygen atoms in total. The van der Waals surface area contributed by atoms with Crippen LogP contribution in [0.25, 0.3) is 0 Å². The molecule has 5 N–H and O–H groups in total. The van der Waals surface area contributed by atoms with E-state index in [1.807, 2.05) is 0 Å². The van der Waals surface area contributed by atoms with Crippen molar-refractivity contribution >= 4 is 39.1 Å². The molecule has 0 aromatic rings. The van der Waals surface area contributed by atoms with Crippen molar-refractivity contribution in [3.05, 3.63) is 0 Å². The van der Waals surface area contributed by atoms with E-state index < -0.39 is 56.8 Å². The van der Waals surface area contributed by atoms with Crippen molar-refractivity contribution in [1.29, 1.82) is 0 Å². The van der Waals surface area contributed by atoms with Gasteiger partial charge in [0, 0.05) is 0 Å². The van der Waals surface area contributed by atoms with Crippen LogP contribution in [0.5, 0.6) is 0 Å². The predicted octanol–water partition coefficient (Wildman–Crippen LogP) is -2.66.